The van der Waals surface area contributed by atoms with Crippen molar-refractivity contribution in [3.63, 3.8) is 0 Å². The highest BCUT2D eigenvalue weighted by molar-refractivity contribution is 5.91. The molecule has 0 unspecified atom stereocenters. The van der Waals surface area contributed by atoms with Crippen molar-refractivity contribution >= 4 is 36.4 Å². The largest absolute Gasteiger partial charge is 0.334 e. The maximum Gasteiger partial charge on any atom is 0.225 e. The van der Waals surface area contributed by atoms with Crippen LogP contribution in [0, 0.1) is 0 Å². The molecule has 2 aromatic rings. The Morgan fingerprint density at radius 1 is 1.21 bits per heavy atom. The number of carbonyl (C=O) groups is 1. The molecule has 1 aromatic carbocycles. The lowest BCUT2D eigenvalue weighted by Crippen LogP contribution is -2.18. The lowest BCUT2D eigenvalue weighted by molar-refractivity contribution is -0.116. The van der Waals surface area contributed by atoms with Crippen LogP contribution in [0.4, 0.5) is 5.69 Å². The first kappa shape index (κ1) is 20.5. The highest BCUT2D eigenvalue weighted by atomic mass is 35.5. The van der Waals surface area contributed by atoms with E-state index in [4.69, 9.17) is 4.98 Å². The van der Waals surface area contributed by atoms with Gasteiger partial charge in [-0.1, -0.05) is 12.1 Å². The molecule has 0 bridgehead atoms. The van der Waals surface area contributed by atoms with Crippen molar-refractivity contribution in [3.05, 3.63) is 36.3 Å². The van der Waals surface area contributed by atoms with Crippen LogP contribution < -0.4 is 10.6 Å². The Balaban J connectivity index is 0.00000144. The molecule has 132 valence electrons. The first-order valence-electron chi connectivity index (χ1n) is 7.87. The quantitative estimate of drug-likeness (QED) is 0.848. The number of imidazole rings is 1. The number of rotatable bonds is 5. The number of hydrogen-bond acceptors (Lipinski definition) is 3. The van der Waals surface area contributed by atoms with Crippen molar-refractivity contribution in [3.8, 4) is 11.3 Å². The molecule has 3 rings (SSSR count). The molecule has 0 saturated heterocycles. The van der Waals surface area contributed by atoms with Gasteiger partial charge in [0.25, 0.3) is 0 Å². The molecule has 1 amide bonds. The summed E-state index contributed by atoms with van der Waals surface area (Å²) in [4.78, 5) is 16.4. The van der Waals surface area contributed by atoms with Crippen LogP contribution >= 0.6 is 24.8 Å². The summed E-state index contributed by atoms with van der Waals surface area (Å²) in [5, 5.41) is 5.87. The lowest BCUT2D eigenvalue weighted by atomic mass is 10.1. The van der Waals surface area contributed by atoms with Gasteiger partial charge in [0.15, 0.2) is 0 Å². The summed E-state index contributed by atoms with van der Waals surface area (Å²) < 4.78 is 2.26. The van der Waals surface area contributed by atoms with Crippen LogP contribution in [-0.2, 0) is 17.8 Å². The van der Waals surface area contributed by atoms with Crippen molar-refractivity contribution in [2.75, 3.05) is 18.9 Å². The molecule has 0 radical (unpaired) electrons. The Kier molecular flexibility index (Phi) is 8.25. The van der Waals surface area contributed by atoms with E-state index in [1.54, 1.807) is 0 Å². The van der Waals surface area contributed by atoms with Crippen molar-refractivity contribution in [2.45, 2.75) is 32.2 Å². The predicted molar refractivity (Wildman–Crippen MR) is 102 cm³/mol. The highest BCUT2D eigenvalue weighted by Gasteiger charge is 2.13. The minimum atomic E-state index is 0. The molecule has 24 heavy (non-hydrogen) atoms. The highest BCUT2D eigenvalue weighted by Crippen LogP contribution is 2.23. The number of amides is 1. The van der Waals surface area contributed by atoms with E-state index < -0.39 is 0 Å². The molecule has 0 aliphatic carbocycles. The van der Waals surface area contributed by atoms with Gasteiger partial charge in [0.05, 0.1) is 5.69 Å². The summed E-state index contributed by atoms with van der Waals surface area (Å²) >= 11 is 0. The number of nitrogens with one attached hydrogen (secondary N) is 2. The van der Waals surface area contributed by atoms with E-state index in [0.29, 0.717) is 13.0 Å². The maximum atomic E-state index is 11.7. The summed E-state index contributed by atoms with van der Waals surface area (Å²) in [5.41, 5.74) is 2.94. The zero-order valence-corrected chi connectivity index (χ0v) is 15.4. The fraction of sp³-hybridized carbons (Fsp3) is 0.412. The Morgan fingerprint density at radius 3 is 2.62 bits per heavy atom. The first-order valence-corrected chi connectivity index (χ1v) is 7.87. The van der Waals surface area contributed by atoms with Crippen LogP contribution in [0.3, 0.4) is 0 Å². The van der Waals surface area contributed by atoms with E-state index in [2.05, 4.69) is 21.4 Å². The van der Waals surface area contributed by atoms with Gasteiger partial charge >= 0.3 is 0 Å². The fourth-order valence-electron chi connectivity index (χ4n) is 2.74. The molecule has 1 aromatic heterocycles. The molecule has 2 heterocycles. The van der Waals surface area contributed by atoms with Gasteiger partial charge in [0, 0.05) is 43.4 Å². The summed E-state index contributed by atoms with van der Waals surface area (Å²) in [6.07, 6.45) is 6.15. The number of carbonyl (C=O) groups excluding carboxylic acids is 1. The zero-order valence-electron chi connectivity index (χ0n) is 13.7. The number of aromatic nitrogens is 2. The number of fused-ring (bicyclic) bond motifs is 1. The third-order valence-electron chi connectivity index (χ3n) is 3.98. The number of nitrogens with zero attached hydrogens (tertiary/aromatic N) is 2. The third-order valence-corrected chi connectivity index (χ3v) is 3.98. The minimum absolute atomic E-state index is 0. The van der Waals surface area contributed by atoms with E-state index in [9.17, 15) is 4.79 Å². The Morgan fingerprint density at radius 2 is 1.96 bits per heavy atom. The molecule has 2 N–H and O–H groups in total. The van der Waals surface area contributed by atoms with Crippen LogP contribution in [0.5, 0.6) is 0 Å². The number of hydrogen-bond donors (Lipinski definition) is 2. The number of benzene rings is 1. The Bertz CT molecular complexity index is 632. The normalized spacial score (nSPS) is 12.5. The first-order chi connectivity index (χ1) is 10.8. The molecule has 0 spiro atoms. The van der Waals surface area contributed by atoms with Crippen LogP contribution in [0.1, 0.15) is 25.1 Å². The van der Waals surface area contributed by atoms with E-state index >= 15 is 0 Å². The van der Waals surface area contributed by atoms with Crippen LogP contribution in [0.25, 0.3) is 11.3 Å². The Hall–Kier alpha value is -1.56. The van der Waals surface area contributed by atoms with E-state index in [1.165, 1.54) is 18.7 Å². The predicted octanol–water partition coefficient (Wildman–Crippen LogP) is 3.28. The molecule has 1 aliphatic heterocycles. The number of aryl methyl sites for hydroxylation is 2. The van der Waals surface area contributed by atoms with Crippen molar-refractivity contribution < 1.29 is 4.79 Å². The molecule has 0 fully saturated rings. The summed E-state index contributed by atoms with van der Waals surface area (Å²) in [5.74, 6) is 1.21. The minimum Gasteiger partial charge on any atom is -0.334 e. The van der Waals surface area contributed by atoms with E-state index in [0.717, 1.165) is 29.9 Å². The summed E-state index contributed by atoms with van der Waals surface area (Å²) in [6.45, 7) is 1.76. The second-order valence-corrected chi connectivity index (χ2v) is 5.67. The third kappa shape index (κ3) is 4.97. The monoisotopic (exact) mass is 370 g/mol. The smallest absolute Gasteiger partial charge is 0.225 e. The van der Waals surface area contributed by atoms with E-state index in [1.807, 2.05) is 31.3 Å². The van der Waals surface area contributed by atoms with Crippen molar-refractivity contribution in [1.29, 1.82) is 0 Å². The SMILES string of the molecule is CNCCC(=O)Nc1ccc(-c2cn3c(n2)CCCC3)cc1.Cl.Cl. The van der Waals surface area contributed by atoms with Crippen LogP contribution in [0.15, 0.2) is 30.5 Å². The van der Waals surface area contributed by atoms with Crippen LogP contribution in [0.2, 0.25) is 0 Å². The fourth-order valence-corrected chi connectivity index (χ4v) is 2.74. The van der Waals surface area contributed by atoms with Gasteiger partial charge in [-0.25, -0.2) is 4.98 Å². The molecule has 0 saturated carbocycles. The van der Waals surface area contributed by atoms with Gasteiger partial charge in [0.2, 0.25) is 5.91 Å². The average Bonchev–Trinajstić information content (AvgIpc) is 2.97. The molecule has 1 aliphatic rings. The van der Waals surface area contributed by atoms with Gasteiger partial charge < -0.3 is 15.2 Å². The van der Waals surface area contributed by atoms with Gasteiger partial charge in [-0.3, -0.25) is 4.79 Å². The Labute approximate surface area is 155 Å². The van der Waals surface area contributed by atoms with Gasteiger partial charge in [-0.05, 0) is 32.0 Å². The second kappa shape index (κ2) is 9.67. The van der Waals surface area contributed by atoms with Crippen molar-refractivity contribution in [2.24, 2.45) is 0 Å². The second-order valence-electron chi connectivity index (χ2n) is 5.67. The van der Waals surface area contributed by atoms with Gasteiger partial charge in [-0.15, -0.1) is 24.8 Å². The molecule has 5 nitrogen and oxygen atoms in total. The summed E-state index contributed by atoms with van der Waals surface area (Å²) in [7, 11) is 1.84. The molecule has 7 heteroatoms. The zero-order chi connectivity index (χ0) is 15.4. The average molecular weight is 371 g/mol. The van der Waals surface area contributed by atoms with Gasteiger partial charge in [-0.2, -0.15) is 0 Å². The standard InChI is InChI=1S/C17H22N4O.2ClH/c1-18-10-9-17(22)19-14-7-5-13(6-8-14)15-12-21-11-3-2-4-16(21)20-15;;/h5-8,12,18H,2-4,9-11H2,1H3,(H,19,22);2*1H. The lowest BCUT2D eigenvalue weighted by Gasteiger charge is -2.11. The number of halogens is 2. The maximum absolute atomic E-state index is 11.7. The number of anilines is 1. The topological polar surface area (TPSA) is 59.0 Å². The van der Waals surface area contributed by atoms with Crippen molar-refractivity contribution in [1.82, 2.24) is 14.9 Å². The molecular weight excluding hydrogens is 347 g/mol. The van der Waals surface area contributed by atoms with Crippen LogP contribution in [-0.4, -0.2) is 29.1 Å². The molecular formula is C17H24Cl2N4O. The molecule has 0 atom stereocenters. The van der Waals surface area contributed by atoms with E-state index in [-0.39, 0.29) is 30.7 Å². The van der Waals surface area contributed by atoms with Gasteiger partial charge in [0.1, 0.15) is 5.82 Å². The summed E-state index contributed by atoms with van der Waals surface area (Å²) in [6, 6.07) is 7.90.